The number of hydrogen-bond donors (Lipinski definition) is 1. The molecule has 0 bridgehead atoms. The van der Waals surface area contributed by atoms with E-state index in [1.54, 1.807) is 4.52 Å². The summed E-state index contributed by atoms with van der Waals surface area (Å²) in [6.07, 6.45) is 0. The largest absolute Gasteiger partial charge is 0.325 e. The Morgan fingerprint density at radius 1 is 1.24 bits per heavy atom. The maximum atomic E-state index is 12.3. The van der Waals surface area contributed by atoms with Gasteiger partial charge < -0.3 is 5.32 Å². The zero-order valence-corrected chi connectivity index (χ0v) is 15.6. The Morgan fingerprint density at radius 3 is 2.76 bits per heavy atom. The summed E-state index contributed by atoms with van der Waals surface area (Å²) in [5.41, 5.74) is 3.86. The van der Waals surface area contributed by atoms with E-state index >= 15 is 0 Å². The minimum absolute atomic E-state index is 0.0715. The van der Waals surface area contributed by atoms with Crippen LogP contribution in [0.4, 0.5) is 5.69 Å². The maximum Gasteiger partial charge on any atom is 0.253 e. The summed E-state index contributed by atoms with van der Waals surface area (Å²) in [5, 5.41) is 7.93. The molecule has 3 rings (SSSR count). The lowest BCUT2D eigenvalue weighted by Gasteiger charge is -2.13. The summed E-state index contributed by atoms with van der Waals surface area (Å²) < 4.78 is 1.70. The van der Waals surface area contributed by atoms with Crippen LogP contribution < -0.4 is 5.32 Å². The third-order valence-electron chi connectivity index (χ3n) is 3.79. The molecule has 2 aromatic heterocycles. The van der Waals surface area contributed by atoms with Crippen LogP contribution >= 0.6 is 11.8 Å². The fraction of sp³-hybridized carbons (Fsp3) is 0.333. The Bertz CT molecular complexity index is 919. The first kappa shape index (κ1) is 17.4. The number of para-hydroxylation sites is 1. The predicted molar refractivity (Wildman–Crippen MR) is 100 cm³/mol. The Morgan fingerprint density at radius 2 is 2.00 bits per heavy atom. The van der Waals surface area contributed by atoms with Gasteiger partial charge in [0.25, 0.3) is 5.78 Å². The summed E-state index contributed by atoms with van der Waals surface area (Å²) in [4.78, 5) is 21.0. The molecule has 0 aliphatic heterocycles. The molecule has 0 aliphatic carbocycles. The number of anilines is 1. The fourth-order valence-corrected chi connectivity index (χ4v) is 3.26. The second-order valence-corrected chi connectivity index (χ2v) is 7.17. The lowest BCUT2D eigenvalue weighted by molar-refractivity contribution is -0.113. The van der Waals surface area contributed by atoms with Gasteiger partial charge in [0.15, 0.2) is 0 Å². The van der Waals surface area contributed by atoms with Crippen LogP contribution in [0.2, 0.25) is 0 Å². The molecule has 1 amide bonds. The first-order valence-corrected chi connectivity index (χ1v) is 9.15. The molecule has 0 saturated heterocycles. The number of nitrogens with zero attached hydrogens (tertiary/aromatic N) is 4. The maximum absolute atomic E-state index is 12.3. The average molecular weight is 355 g/mol. The number of thioether (sulfide) groups is 1. The number of fused-ring (bicyclic) bond motifs is 1. The highest BCUT2D eigenvalue weighted by Crippen LogP contribution is 2.24. The molecule has 25 heavy (non-hydrogen) atoms. The minimum atomic E-state index is -0.0715. The van der Waals surface area contributed by atoms with Crippen molar-refractivity contribution in [1.82, 2.24) is 19.6 Å². The monoisotopic (exact) mass is 355 g/mol. The quantitative estimate of drug-likeness (QED) is 0.708. The molecule has 3 aromatic rings. The zero-order valence-electron chi connectivity index (χ0n) is 14.8. The van der Waals surface area contributed by atoms with Gasteiger partial charge in [-0.15, -0.1) is 5.10 Å². The molecule has 7 heteroatoms. The van der Waals surface area contributed by atoms with Crippen LogP contribution in [0.3, 0.4) is 0 Å². The third-order valence-corrected chi connectivity index (χ3v) is 4.63. The van der Waals surface area contributed by atoms with Gasteiger partial charge in [-0.3, -0.25) is 4.79 Å². The minimum Gasteiger partial charge on any atom is -0.325 e. The highest BCUT2D eigenvalue weighted by molar-refractivity contribution is 7.99. The molecule has 0 saturated carbocycles. The standard InChI is InChI=1S/C18H21N5OS/c1-11(2)14-7-5-6-8-15(14)20-16(24)10-25-18-21-17-19-12(3)9-13(4)23(17)22-18/h5-9,11H,10H2,1-4H3,(H,20,24). The van der Waals surface area contributed by atoms with Crippen LogP contribution in [0, 0.1) is 13.8 Å². The second-order valence-electron chi connectivity index (χ2n) is 6.22. The van der Waals surface area contributed by atoms with E-state index in [4.69, 9.17) is 0 Å². The normalized spacial score (nSPS) is 11.2. The summed E-state index contributed by atoms with van der Waals surface area (Å²) in [6, 6.07) is 9.82. The van der Waals surface area contributed by atoms with Gasteiger partial charge >= 0.3 is 0 Å². The number of carbonyl (C=O) groups excluding carboxylic acids is 1. The first-order valence-electron chi connectivity index (χ1n) is 8.16. The molecule has 0 spiro atoms. The van der Waals surface area contributed by atoms with Gasteiger partial charge in [-0.1, -0.05) is 43.8 Å². The zero-order chi connectivity index (χ0) is 18.0. The number of aryl methyl sites for hydroxylation is 2. The summed E-state index contributed by atoms with van der Waals surface area (Å²) in [5.74, 6) is 1.09. The van der Waals surface area contributed by atoms with Crippen molar-refractivity contribution in [3.63, 3.8) is 0 Å². The second kappa shape index (κ2) is 7.23. The number of nitrogens with one attached hydrogen (secondary N) is 1. The van der Waals surface area contributed by atoms with Gasteiger partial charge in [0.2, 0.25) is 11.1 Å². The number of carbonyl (C=O) groups is 1. The van der Waals surface area contributed by atoms with Crippen molar-refractivity contribution in [1.29, 1.82) is 0 Å². The van der Waals surface area contributed by atoms with E-state index < -0.39 is 0 Å². The van der Waals surface area contributed by atoms with Crippen LogP contribution in [-0.2, 0) is 4.79 Å². The number of hydrogen-bond acceptors (Lipinski definition) is 5. The van der Waals surface area contributed by atoms with Gasteiger partial charge in [-0.25, -0.2) is 9.50 Å². The molecular formula is C18H21N5OS. The lowest BCUT2D eigenvalue weighted by Crippen LogP contribution is -2.15. The number of benzene rings is 1. The SMILES string of the molecule is Cc1cc(C)n2nc(SCC(=O)Nc3ccccc3C(C)C)nc2n1. The molecule has 1 N–H and O–H groups in total. The third kappa shape index (κ3) is 3.99. The number of amides is 1. The Kier molecular flexibility index (Phi) is 5.03. The highest BCUT2D eigenvalue weighted by atomic mass is 32.2. The fourth-order valence-electron chi connectivity index (χ4n) is 2.64. The topological polar surface area (TPSA) is 72.2 Å². The number of rotatable bonds is 5. The highest BCUT2D eigenvalue weighted by Gasteiger charge is 2.12. The molecule has 2 heterocycles. The van der Waals surface area contributed by atoms with Gasteiger partial charge in [-0.05, 0) is 37.5 Å². The van der Waals surface area contributed by atoms with Gasteiger partial charge in [-0.2, -0.15) is 4.98 Å². The lowest BCUT2D eigenvalue weighted by atomic mass is 10.0. The van der Waals surface area contributed by atoms with Crippen LogP contribution in [0.1, 0.15) is 36.7 Å². The summed E-state index contributed by atoms with van der Waals surface area (Å²) in [6.45, 7) is 8.10. The van der Waals surface area contributed by atoms with Crippen LogP contribution in [0.5, 0.6) is 0 Å². The van der Waals surface area contributed by atoms with Crippen molar-refractivity contribution >= 4 is 29.1 Å². The van der Waals surface area contributed by atoms with Crippen molar-refractivity contribution in [2.45, 2.75) is 38.8 Å². The molecule has 0 atom stereocenters. The van der Waals surface area contributed by atoms with E-state index in [2.05, 4.69) is 34.2 Å². The molecule has 0 unspecified atom stereocenters. The van der Waals surface area contributed by atoms with E-state index in [0.717, 1.165) is 22.6 Å². The van der Waals surface area contributed by atoms with Crippen LogP contribution in [-0.4, -0.2) is 31.2 Å². The van der Waals surface area contributed by atoms with Crippen LogP contribution in [0.25, 0.3) is 5.78 Å². The molecule has 130 valence electrons. The Balaban J connectivity index is 1.68. The molecular weight excluding hydrogens is 334 g/mol. The van der Waals surface area contributed by atoms with Gasteiger partial charge in [0, 0.05) is 17.1 Å². The number of aromatic nitrogens is 4. The predicted octanol–water partition coefficient (Wildman–Crippen LogP) is 3.60. The average Bonchev–Trinajstić information content (AvgIpc) is 2.96. The van der Waals surface area contributed by atoms with E-state index in [-0.39, 0.29) is 11.7 Å². The van der Waals surface area contributed by atoms with Crippen LogP contribution in [0.15, 0.2) is 35.5 Å². The van der Waals surface area contributed by atoms with Crippen molar-refractivity contribution in [3.8, 4) is 0 Å². The van der Waals surface area contributed by atoms with E-state index in [1.807, 2.05) is 44.2 Å². The molecule has 0 radical (unpaired) electrons. The molecule has 0 aliphatic rings. The molecule has 0 fully saturated rings. The Labute approximate surface area is 151 Å². The van der Waals surface area contributed by atoms with Gasteiger partial charge in [0.05, 0.1) is 5.75 Å². The van der Waals surface area contributed by atoms with Crippen molar-refractivity contribution < 1.29 is 4.79 Å². The smallest absolute Gasteiger partial charge is 0.253 e. The van der Waals surface area contributed by atoms with Gasteiger partial charge in [0.1, 0.15) is 0 Å². The molecule has 1 aromatic carbocycles. The summed E-state index contributed by atoms with van der Waals surface area (Å²) in [7, 11) is 0. The first-order chi connectivity index (χ1) is 11.9. The van der Waals surface area contributed by atoms with Crippen molar-refractivity contribution in [3.05, 3.63) is 47.3 Å². The Hall–Kier alpha value is -2.41. The van der Waals surface area contributed by atoms with E-state index in [9.17, 15) is 4.79 Å². The van der Waals surface area contributed by atoms with E-state index in [0.29, 0.717) is 16.9 Å². The van der Waals surface area contributed by atoms with Crippen molar-refractivity contribution in [2.75, 3.05) is 11.1 Å². The van der Waals surface area contributed by atoms with E-state index in [1.165, 1.54) is 11.8 Å². The molecule has 6 nitrogen and oxygen atoms in total. The van der Waals surface area contributed by atoms with Crippen molar-refractivity contribution in [2.24, 2.45) is 0 Å². The summed E-state index contributed by atoms with van der Waals surface area (Å²) >= 11 is 1.31.